The van der Waals surface area contributed by atoms with Gasteiger partial charge in [-0.2, -0.15) is 0 Å². The molecule has 5 N–H and O–H groups in total. The summed E-state index contributed by atoms with van der Waals surface area (Å²) in [7, 11) is 0. The van der Waals surface area contributed by atoms with Gasteiger partial charge in [0.25, 0.3) is 5.91 Å². The number of carboxylic acids is 1. The SMILES string of the molecule is CC(C)C[C@H](NC(=O)c1cccc(NC(N)=O)c1)C(=O)O. The zero-order valence-electron chi connectivity index (χ0n) is 11.9. The highest BCUT2D eigenvalue weighted by Crippen LogP contribution is 2.12. The molecule has 114 valence electrons. The van der Waals surface area contributed by atoms with Crippen molar-refractivity contribution >= 4 is 23.6 Å². The number of carbonyl (C=O) groups is 3. The zero-order chi connectivity index (χ0) is 16.0. The van der Waals surface area contributed by atoms with E-state index in [1.165, 1.54) is 12.1 Å². The lowest BCUT2D eigenvalue weighted by Gasteiger charge is -2.16. The molecule has 1 aromatic carbocycles. The molecule has 0 spiro atoms. The van der Waals surface area contributed by atoms with Crippen LogP contribution in [0, 0.1) is 5.92 Å². The first-order chi connectivity index (χ1) is 9.79. The third-order valence-corrected chi connectivity index (χ3v) is 2.70. The Balaban J connectivity index is 2.82. The maximum absolute atomic E-state index is 12.1. The van der Waals surface area contributed by atoms with Gasteiger partial charge >= 0.3 is 12.0 Å². The molecule has 0 fully saturated rings. The summed E-state index contributed by atoms with van der Waals surface area (Å²) in [6.45, 7) is 3.75. The first-order valence-corrected chi connectivity index (χ1v) is 6.49. The highest BCUT2D eigenvalue weighted by Gasteiger charge is 2.21. The van der Waals surface area contributed by atoms with Crippen LogP contribution in [0.3, 0.4) is 0 Å². The molecule has 0 saturated carbocycles. The molecule has 0 aliphatic heterocycles. The predicted molar refractivity (Wildman–Crippen MR) is 78.0 cm³/mol. The molecule has 0 aromatic heterocycles. The van der Waals surface area contributed by atoms with Crippen LogP contribution in [-0.4, -0.2) is 29.1 Å². The lowest BCUT2D eigenvalue weighted by Crippen LogP contribution is -2.41. The topological polar surface area (TPSA) is 122 Å². The van der Waals surface area contributed by atoms with Crippen molar-refractivity contribution in [1.82, 2.24) is 5.32 Å². The molecule has 0 radical (unpaired) electrons. The van der Waals surface area contributed by atoms with Crippen LogP contribution in [0.2, 0.25) is 0 Å². The van der Waals surface area contributed by atoms with Gasteiger partial charge in [-0.1, -0.05) is 19.9 Å². The summed E-state index contributed by atoms with van der Waals surface area (Å²) >= 11 is 0. The molecule has 0 aliphatic rings. The fourth-order valence-corrected chi connectivity index (χ4v) is 1.81. The van der Waals surface area contributed by atoms with Crippen molar-refractivity contribution in [1.29, 1.82) is 0 Å². The lowest BCUT2D eigenvalue weighted by atomic mass is 10.0. The van der Waals surface area contributed by atoms with Gasteiger partial charge in [0.15, 0.2) is 0 Å². The number of hydrogen-bond donors (Lipinski definition) is 4. The maximum Gasteiger partial charge on any atom is 0.326 e. The van der Waals surface area contributed by atoms with Gasteiger partial charge in [-0.25, -0.2) is 9.59 Å². The number of rotatable bonds is 6. The Kier molecular flexibility index (Phi) is 5.71. The van der Waals surface area contributed by atoms with Crippen LogP contribution in [0.25, 0.3) is 0 Å². The summed E-state index contributed by atoms with van der Waals surface area (Å²) in [6, 6.07) is 4.40. The predicted octanol–water partition coefficient (Wildman–Crippen LogP) is 1.41. The fraction of sp³-hybridized carbons (Fsp3) is 0.357. The highest BCUT2D eigenvalue weighted by molar-refractivity contribution is 5.98. The Morgan fingerprint density at radius 3 is 2.48 bits per heavy atom. The van der Waals surface area contributed by atoms with Crippen LogP contribution in [0.15, 0.2) is 24.3 Å². The standard InChI is InChI=1S/C14H19N3O4/c1-8(2)6-11(13(19)20)17-12(18)9-4-3-5-10(7-9)16-14(15)21/h3-5,7-8,11H,6H2,1-2H3,(H,17,18)(H,19,20)(H3,15,16,21)/t11-/m0/s1. The number of nitrogens with one attached hydrogen (secondary N) is 2. The van der Waals surface area contributed by atoms with Crippen LogP contribution in [0.1, 0.15) is 30.6 Å². The van der Waals surface area contributed by atoms with Crippen LogP contribution < -0.4 is 16.4 Å². The van der Waals surface area contributed by atoms with E-state index in [0.717, 1.165) is 0 Å². The summed E-state index contributed by atoms with van der Waals surface area (Å²) in [5.74, 6) is -1.46. The first kappa shape index (κ1) is 16.5. The number of anilines is 1. The van der Waals surface area contributed by atoms with Gasteiger partial charge in [0.2, 0.25) is 0 Å². The Morgan fingerprint density at radius 1 is 1.29 bits per heavy atom. The van der Waals surface area contributed by atoms with E-state index in [1.807, 2.05) is 13.8 Å². The average molecular weight is 293 g/mol. The lowest BCUT2D eigenvalue weighted by molar-refractivity contribution is -0.139. The van der Waals surface area contributed by atoms with Crippen LogP contribution >= 0.6 is 0 Å². The van der Waals surface area contributed by atoms with E-state index in [4.69, 9.17) is 10.8 Å². The summed E-state index contributed by atoms with van der Waals surface area (Å²) < 4.78 is 0. The molecule has 21 heavy (non-hydrogen) atoms. The third-order valence-electron chi connectivity index (χ3n) is 2.70. The van der Waals surface area contributed by atoms with E-state index >= 15 is 0 Å². The molecule has 0 heterocycles. The van der Waals surface area contributed by atoms with Gasteiger partial charge in [-0.15, -0.1) is 0 Å². The maximum atomic E-state index is 12.1. The molecule has 0 saturated heterocycles. The van der Waals surface area contributed by atoms with E-state index in [0.29, 0.717) is 12.1 Å². The van der Waals surface area contributed by atoms with E-state index in [1.54, 1.807) is 12.1 Å². The fourth-order valence-electron chi connectivity index (χ4n) is 1.81. The number of benzene rings is 1. The van der Waals surface area contributed by atoms with Gasteiger partial charge in [-0.05, 0) is 30.5 Å². The summed E-state index contributed by atoms with van der Waals surface area (Å²) in [4.78, 5) is 34.0. The van der Waals surface area contributed by atoms with E-state index in [-0.39, 0.29) is 11.5 Å². The third kappa shape index (κ3) is 5.52. The second-order valence-corrected chi connectivity index (χ2v) is 5.06. The summed E-state index contributed by atoms with van der Waals surface area (Å²) in [6.07, 6.45) is 0.334. The molecule has 0 bridgehead atoms. The number of primary amides is 1. The van der Waals surface area contributed by atoms with Gasteiger partial charge < -0.3 is 21.5 Å². The quantitative estimate of drug-likeness (QED) is 0.633. The van der Waals surface area contributed by atoms with Crippen molar-refractivity contribution in [2.24, 2.45) is 11.7 Å². The minimum atomic E-state index is -1.08. The van der Waals surface area contributed by atoms with E-state index in [2.05, 4.69) is 10.6 Å². The summed E-state index contributed by atoms with van der Waals surface area (Å²) in [5.41, 5.74) is 5.61. The number of amides is 3. The number of aliphatic carboxylic acids is 1. The van der Waals surface area contributed by atoms with E-state index in [9.17, 15) is 14.4 Å². The second kappa shape index (κ2) is 7.28. The molecule has 7 heteroatoms. The number of carbonyl (C=O) groups excluding carboxylic acids is 2. The second-order valence-electron chi connectivity index (χ2n) is 5.06. The largest absolute Gasteiger partial charge is 0.480 e. The number of carboxylic acid groups (broad SMARTS) is 1. The Bertz CT molecular complexity index is 543. The van der Waals surface area contributed by atoms with Gasteiger partial charge in [0, 0.05) is 11.3 Å². The summed E-state index contributed by atoms with van der Waals surface area (Å²) in [5, 5.41) is 13.9. The van der Waals surface area contributed by atoms with Gasteiger partial charge in [0.1, 0.15) is 6.04 Å². The number of nitrogens with two attached hydrogens (primary N) is 1. The molecular formula is C14H19N3O4. The van der Waals surface area contributed by atoms with Crippen LogP contribution in [0.4, 0.5) is 10.5 Å². The zero-order valence-corrected chi connectivity index (χ0v) is 11.9. The van der Waals surface area contributed by atoms with Crippen LogP contribution in [-0.2, 0) is 4.79 Å². The van der Waals surface area contributed by atoms with Crippen molar-refractivity contribution in [3.63, 3.8) is 0 Å². The number of urea groups is 1. The average Bonchev–Trinajstić information content (AvgIpc) is 2.36. The van der Waals surface area contributed by atoms with Crippen molar-refractivity contribution in [3.8, 4) is 0 Å². The number of hydrogen-bond acceptors (Lipinski definition) is 3. The van der Waals surface area contributed by atoms with Crippen molar-refractivity contribution < 1.29 is 19.5 Å². The minimum absolute atomic E-state index is 0.134. The normalized spacial score (nSPS) is 11.8. The Morgan fingerprint density at radius 2 is 1.95 bits per heavy atom. The van der Waals surface area contributed by atoms with Crippen molar-refractivity contribution in [2.75, 3.05) is 5.32 Å². The smallest absolute Gasteiger partial charge is 0.326 e. The molecule has 7 nitrogen and oxygen atoms in total. The molecule has 0 unspecified atom stereocenters. The van der Waals surface area contributed by atoms with Gasteiger partial charge in [0.05, 0.1) is 0 Å². The minimum Gasteiger partial charge on any atom is -0.480 e. The van der Waals surface area contributed by atoms with Gasteiger partial charge in [-0.3, -0.25) is 4.79 Å². The highest BCUT2D eigenvalue weighted by atomic mass is 16.4. The molecular weight excluding hydrogens is 274 g/mol. The Hall–Kier alpha value is -2.57. The molecule has 0 aliphatic carbocycles. The van der Waals surface area contributed by atoms with E-state index < -0.39 is 23.9 Å². The Labute approximate surface area is 122 Å². The molecule has 3 amide bonds. The van der Waals surface area contributed by atoms with Crippen LogP contribution in [0.5, 0.6) is 0 Å². The molecule has 1 aromatic rings. The van der Waals surface area contributed by atoms with Crippen molar-refractivity contribution in [3.05, 3.63) is 29.8 Å². The first-order valence-electron chi connectivity index (χ1n) is 6.49. The monoisotopic (exact) mass is 293 g/mol. The molecule has 1 rings (SSSR count). The molecule has 1 atom stereocenters. The van der Waals surface area contributed by atoms with Crippen molar-refractivity contribution in [2.45, 2.75) is 26.3 Å².